The number of hydrogen-bond donors (Lipinski definition) is 1. The van der Waals surface area contributed by atoms with Crippen LogP contribution in [0.1, 0.15) is 34.5 Å². The Bertz CT molecular complexity index is 992. The molecule has 1 N–H and O–H groups in total. The number of esters is 1. The fraction of sp³-hybridized carbons (Fsp3) is 0.318. The molecule has 0 aliphatic carbocycles. The molecule has 0 radical (unpaired) electrons. The number of hydrogen-bond acceptors (Lipinski definition) is 4. The standard InChI is InChI=1S/C22H22ClN3O4/c1-2-30-21(28)15-4-7-17(8-5-15)24-22(29)25-12-19-18-11-16(23)6-3-14(18)9-10-26(19)20(27)13-25/h3-8,11,19H,2,9-10,12-13H2,1H3,(H,24,29). The second kappa shape index (κ2) is 8.36. The molecule has 7 nitrogen and oxygen atoms in total. The summed E-state index contributed by atoms with van der Waals surface area (Å²) in [6, 6.07) is 11.6. The average molecular weight is 428 g/mol. The number of fused-ring (bicyclic) bond motifs is 3. The highest BCUT2D eigenvalue weighted by molar-refractivity contribution is 6.30. The van der Waals surface area contributed by atoms with Gasteiger partial charge in [-0.2, -0.15) is 0 Å². The number of ether oxygens (including phenoxy) is 1. The molecule has 156 valence electrons. The summed E-state index contributed by atoms with van der Waals surface area (Å²) in [5, 5.41) is 3.42. The lowest BCUT2D eigenvalue weighted by molar-refractivity contribution is -0.139. The van der Waals surface area contributed by atoms with Crippen LogP contribution in [0.3, 0.4) is 0 Å². The van der Waals surface area contributed by atoms with Crippen LogP contribution in [0.4, 0.5) is 10.5 Å². The first-order valence-corrected chi connectivity index (χ1v) is 10.2. The van der Waals surface area contributed by atoms with Crippen LogP contribution in [0.5, 0.6) is 0 Å². The van der Waals surface area contributed by atoms with Crippen molar-refractivity contribution >= 4 is 35.2 Å². The molecule has 0 aromatic heterocycles. The molecule has 0 spiro atoms. The van der Waals surface area contributed by atoms with Crippen LogP contribution in [-0.4, -0.2) is 53.9 Å². The maximum absolute atomic E-state index is 12.8. The molecule has 3 amide bonds. The Morgan fingerprint density at radius 3 is 2.70 bits per heavy atom. The van der Waals surface area contributed by atoms with Crippen molar-refractivity contribution < 1.29 is 19.1 Å². The van der Waals surface area contributed by atoms with Crippen molar-refractivity contribution in [3.63, 3.8) is 0 Å². The number of rotatable bonds is 3. The van der Waals surface area contributed by atoms with E-state index in [1.807, 2.05) is 23.1 Å². The van der Waals surface area contributed by atoms with Gasteiger partial charge in [0.25, 0.3) is 0 Å². The molecule has 30 heavy (non-hydrogen) atoms. The molecular weight excluding hydrogens is 406 g/mol. The van der Waals surface area contributed by atoms with E-state index in [9.17, 15) is 14.4 Å². The molecule has 2 heterocycles. The Hall–Kier alpha value is -3.06. The fourth-order valence-electron chi connectivity index (χ4n) is 3.95. The third-order valence-electron chi connectivity index (χ3n) is 5.44. The summed E-state index contributed by atoms with van der Waals surface area (Å²) < 4.78 is 4.96. The third kappa shape index (κ3) is 3.98. The van der Waals surface area contributed by atoms with Crippen LogP contribution in [0, 0.1) is 0 Å². The Morgan fingerprint density at radius 2 is 1.97 bits per heavy atom. The molecular formula is C22H22ClN3O4. The van der Waals surface area contributed by atoms with E-state index in [1.165, 1.54) is 4.90 Å². The second-order valence-electron chi connectivity index (χ2n) is 7.30. The number of piperazine rings is 1. The molecule has 2 aliphatic heterocycles. The highest BCUT2D eigenvalue weighted by atomic mass is 35.5. The number of nitrogens with one attached hydrogen (secondary N) is 1. The van der Waals surface area contributed by atoms with Crippen molar-refractivity contribution in [3.8, 4) is 0 Å². The highest BCUT2D eigenvalue weighted by Gasteiger charge is 2.38. The Kier molecular flexibility index (Phi) is 5.63. The van der Waals surface area contributed by atoms with Crippen molar-refractivity contribution in [2.45, 2.75) is 19.4 Å². The molecule has 1 unspecified atom stereocenters. The quantitative estimate of drug-likeness (QED) is 0.760. The van der Waals surface area contributed by atoms with E-state index in [4.69, 9.17) is 16.3 Å². The largest absolute Gasteiger partial charge is 0.462 e. The molecule has 2 aromatic carbocycles. The van der Waals surface area contributed by atoms with Crippen molar-refractivity contribution in [2.75, 3.05) is 31.6 Å². The minimum atomic E-state index is -0.410. The lowest BCUT2D eigenvalue weighted by Crippen LogP contribution is -2.56. The normalized spacial score (nSPS) is 17.8. The zero-order valence-corrected chi connectivity index (χ0v) is 17.3. The van der Waals surface area contributed by atoms with Gasteiger partial charge < -0.3 is 19.9 Å². The van der Waals surface area contributed by atoms with Gasteiger partial charge in [-0.05, 0) is 60.9 Å². The Balaban J connectivity index is 1.48. The Morgan fingerprint density at radius 1 is 1.20 bits per heavy atom. The van der Waals surface area contributed by atoms with Crippen LogP contribution >= 0.6 is 11.6 Å². The van der Waals surface area contributed by atoms with E-state index < -0.39 is 5.97 Å². The number of nitrogens with zero attached hydrogens (tertiary/aromatic N) is 2. The molecule has 1 fully saturated rings. The van der Waals surface area contributed by atoms with Crippen LogP contribution in [-0.2, 0) is 16.0 Å². The summed E-state index contributed by atoms with van der Waals surface area (Å²) in [7, 11) is 0. The van der Waals surface area contributed by atoms with Crippen LogP contribution in [0.15, 0.2) is 42.5 Å². The van der Waals surface area contributed by atoms with Gasteiger partial charge in [0.05, 0.1) is 18.2 Å². The van der Waals surface area contributed by atoms with E-state index >= 15 is 0 Å². The van der Waals surface area contributed by atoms with Gasteiger partial charge in [0, 0.05) is 23.8 Å². The zero-order chi connectivity index (χ0) is 21.3. The Labute approximate surface area is 179 Å². The number of anilines is 1. The minimum absolute atomic E-state index is 0.0269. The molecule has 4 rings (SSSR count). The van der Waals surface area contributed by atoms with Gasteiger partial charge in [-0.1, -0.05) is 17.7 Å². The monoisotopic (exact) mass is 427 g/mol. The number of carbonyl (C=O) groups is 3. The third-order valence-corrected chi connectivity index (χ3v) is 5.67. The summed E-state index contributed by atoms with van der Waals surface area (Å²) in [6.07, 6.45) is 0.785. The van der Waals surface area contributed by atoms with Gasteiger partial charge in [-0.3, -0.25) is 4.79 Å². The maximum Gasteiger partial charge on any atom is 0.338 e. The number of benzene rings is 2. The zero-order valence-electron chi connectivity index (χ0n) is 16.6. The van der Waals surface area contributed by atoms with Crippen LogP contribution in [0.2, 0.25) is 5.02 Å². The van der Waals surface area contributed by atoms with Crippen molar-refractivity contribution in [2.24, 2.45) is 0 Å². The van der Waals surface area contributed by atoms with E-state index in [1.54, 1.807) is 31.2 Å². The van der Waals surface area contributed by atoms with E-state index in [0.29, 0.717) is 36.0 Å². The fourth-order valence-corrected chi connectivity index (χ4v) is 4.13. The smallest absolute Gasteiger partial charge is 0.338 e. The first-order chi connectivity index (χ1) is 14.5. The van der Waals surface area contributed by atoms with Gasteiger partial charge in [-0.25, -0.2) is 9.59 Å². The lowest BCUT2D eigenvalue weighted by Gasteiger charge is -2.44. The second-order valence-corrected chi connectivity index (χ2v) is 7.74. The van der Waals surface area contributed by atoms with Crippen LogP contribution < -0.4 is 5.32 Å². The summed E-state index contributed by atoms with van der Waals surface area (Å²) in [5.74, 6) is -0.489. The van der Waals surface area contributed by atoms with Crippen LogP contribution in [0.25, 0.3) is 0 Å². The summed E-state index contributed by atoms with van der Waals surface area (Å²) in [5.41, 5.74) is 3.10. The molecule has 0 saturated carbocycles. The van der Waals surface area contributed by atoms with E-state index in [2.05, 4.69) is 5.32 Å². The number of halogens is 1. The van der Waals surface area contributed by atoms with Crippen molar-refractivity contribution in [3.05, 3.63) is 64.2 Å². The predicted molar refractivity (Wildman–Crippen MR) is 113 cm³/mol. The summed E-state index contributed by atoms with van der Waals surface area (Å²) >= 11 is 6.18. The van der Waals surface area contributed by atoms with Gasteiger partial charge in [0.15, 0.2) is 0 Å². The number of urea groups is 1. The van der Waals surface area contributed by atoms with E-state index in [0.717, 1.165) is 17.5 Å². The maximum atomic E-state index is 12.8. The van der Waals surface area contributed by atoms with Gasteiger partial charge in [-0.15, -0.1) is 0 Å². The SMILES string of the molecule is CCOC(=O)c1ccc(NC(=O)N2CC(=O)N3CCc4ccc(Cl)cc4C3C2)cc1. The number of amides is 3. The first-order valence-electron chi connectivity index (χ1n) is 9.87. The molecule has 1 atom stereocenters. The average Bonchev–Trinajstić information content (AvgIpc) is 2.74. The van der Waals surface area contributed by atoms with Crippen molar-refractivity contribution in [1.29, 1.82) is 0 Å². The van der Waals surface area contributed by atoms with E-state index in [-0.39, 0.29) is 24.5 Å². The molecule has 8 heteroatoms. The van der Waals surface area contributed by atoms with Gasteiger partial charge in [0.1, 0.15) is 6.54 Å². The number of carbonyl (C=O) groups excluding carboxylic acids is 3. The summed E-state index contributed by atoms with van der Waals surface area (Å²) in [4.78, 5) is 40.6. The summed E-state index contributed by atoms with van der Waals surface area (Å²) in [6.45, 7) is 3.10. The minimum Gasteiger partial charge on any atom is -0.462 e. The highest BCUT2D eigenvalue weighted by Crippen LogP contribution is 2.34. The molecule has 2 aromatic rings. The van der Waals surface area contributed by atoms with Gasteiger partial charge in [0.2, 0.25) is 5.91 Å². The lowest BCUT2D eigenvalue weighted by atomic mass is 9.91. The first kappa shape index (κ1) is 20.2. The molecule has 0 bridgehead atoms. The molecule has 2 aliphatic rings. The topological polar surface area (TPSA) is 79.0 Å². The van der Waals surface area contributed by atoms with Gasteiger partial charge >= 0.3 is 12.0 Å². The molecule has 1 saturated heterocycles. The predicted octanol–water partition coefficient (Wildman–Crippen LogP) is 3.49. The van der Waals surface area contributed by atoms with Crippen molar-refractivity contribution in [1.82, 2.24) is 9.80 Å².